The number of rotatable bonds is 3. The van der Waals surface area contributed by atoms with Crippen molar-refractivity contribution in [3.63, 3.8) is 0 Å². The first kappa shape index (κ1) is 13.3. The van der Waals surface area contributed by atoms with Crippen LogP contribution in [0.5, 0.6) is 0 Å². The van der Waals surface area contributed by atoms with E-state index in [9.17, 15) is 14.7 Å². The molecule has 0 spiro atoms. The van der Waals surface area contributed by atoms with Crippen molar-refractivity contribution >= 4 is 0 Å². The Morgan fingerprint density at radius 1 is 1.63 bits per heavy atom. The number of aromatic nitrogens is 2. The molecule has 0 fully saturated rings. The summed E-state index contributed by atoms with van der Waals surface area (Å²) < 4.78 is 6.74. The molecule has 0 aliphatic carbocycles. The van der Waals surface area contributed by atoms with Gasteiger partial charge in [-0.1, -0.05) is 12.8 Å². The van der Waals surface area contributed by atoms with Crippen LogP contribution in [0.15, 0.2) is 27.9 Å². The van der Waals surface area contributed by atoms with Gasteiger partial charge in [-0.2, -0.15) is 0 Å². The van der Waals surface area contributed by atoms with Crippen LogP contribution < -0.4 is 11.2 Å². The highest BCUT2D eigenvalue weighted by Gasteiger charge is 2.34. The molecule has 2 rings (SSSR count). The summed E-state index contributed by atoms with van der Waals surface area (Å²) in [4.78, 5) is 25.5. The molecule has 1 aromatic rings. The molecule has 19 heavy (non-hydrogen) atoms. The van der Waals surface area contributed by atoms with Gasteiger partial charge >= 0.3 is 5.69 Å². The molecule has 2 atom stereocenters. The normalized spacial score (nSPS) is 25.4. The van der Waals surface area contributed by atoms with E-state index in [1.807, 2.05) is 6.92 Å². The summed E-state index contributed by atoms with van der Waals surface area (Å²) in [6.45, 7) is 1.43. The third kappa shape index (κ3) is 2.26. The van der Waals surface area contributed by atoms with Crippen LogP contribution in [-0.4, -0.2) is 26.9 Å². The van der Waals surface area contributed by atoms with Gasteiger partial charge in [-0.15, -0.1) is 6.42 Å². The largest absolute Gasteiger partial charge is 0.392 e. The van der Waals surface area contributed by atoms with Gasteiger partial charge in [0.1, 0.15) is 0 Å². The molecule has 6 nitrogen and oxygen atoms in total. The lowest BCUT2D eigenvalue weighted by molar-refractivity contribution is -0.0503. The van der Waals surface area contributed by atoms with E-state index in [1.165, 1.54) is 16.8 Å². The molecule has 0 amide bonds. The van der Waals surface area contributed by atoms with Gasteiger partial charge in [-0.25, -0.2) is 4.79 Å². The predicted octanol–water partition coefficient (Wildman–Crippen LogP) is -0.452. The molecule has 0 bridgehead atoms. The fourth-order valence-electron chi connectivity index (χ4n) is 1.87. The lowest BCUT2D eigenvalue weighted by Crippen LogP contribution is -2.37. The number of aliphatic hydroxyl groups excluding tert-OH is 1. The Morgan fingerprint density at radius 3 is 2.89 bits per heavy atom. The molecule has 0 aromatic carbocycles. The number of terminal acetylenes is 1. The van der Waals surface area contributed by atoms with Crippen LogP contribution in [0, 0.1) is 12.3 Å². The first-order chi connectivity index (χ1) is 9.05. The first-order valence-electron chi connectivity index (χ1n) is 5.85. The molecular formula is C13H14N2O4. The lowest BCUT2D eigenvalue weighted by atomic mass is 10.1. The smallest absolute Gasteiger partial charge is 0.330 e. The van der Waals surface area contributed by atoms with E-state index in [-0.39, 0.29) is 6.61 Å². The number of nitrogens with zero attached hydrogens (tertiary/aromatic N) is 1. The summed E-state index contributed by atoms with van der Waals surface area (Å²) in [5.74, 6) is 2.34. The number of aromatic amines is 1. The Labute approximate surface area is 109 Å². The first-order valence-corrected chi connectivity index (χ1v) is 5.85. The summed E-state index contributed by atoms with van der Waals surface area (Å²) >= 11 is 0. The van der Waals surface area contributed by atoms with Crippen molar-refractivity contribution in [2.24, 2.45) is 0 Å². The van der Waals surface area contributed by atoms with Crippen molar-refractivity contribution in [3.05, 3.63) is 44.8 Å². The number of aliphatic hydroxyl groups is 1. The highest BCUT2D eigenvalue weighted by Crippen LogP contribution is 2.27. The van der Waals surface area contributed by atoms with Crippen LogP contribution in [0.25, 0.3) is 0 Å². The molecule has 1 aromatic heterocycles. The van der Waals surface area contributed by atoms with E-state index >= 15 is 0 Å². The molecule has 0 unspecified atom stereocenters. The average Bonchev–Trinajstić information content (AvgIpc) is 2.84. The minimum atomic E-state index is -1.22. The molecule has 0 saturated carbocycles. The lowest BCUT2D eigenvalue weighted by Gasteiger charge is -2.22. The number of aryl methyl sites for hydroxylation is 1. The van der Waals surface area contributed by atoms with Gasteiger partial charge < -0.3 is 9.84 Å². The van der Waals surface area contributed by atoms with Crippen molar-refractivity contribution in [2.75, 3.05) is 6.61 Å². The second-order valence-corrected chi connectivity index (χ2v) is 4.23. The molecule has 2 N–H and O–H groups in total. The fraction of sp³-hybridized carbons (Fsp3) is 0.385. The van der Waals surface area contributed by atoms with Gasteiger partial charge in [0, 0.05) is 11.8 Å². The zero-order chi connectivity index (χ0) is 14.0. The summed E-state index contributed by atoms with van der Waals surface area (Å²) in [6.07, 6.45) is 9.61. The summed E-state index contributed by atoms with van der Waals surface area (Å²) in [5, 5.41) is 9.23. The number of ether oxygens (including phenoxy) is 1. The second kappa shape index (κ2) is 4.88. The second-order valence-electron chi connectivity index (χ2n) is 4.23. The fourth-order valence-corrected chi connectivity index (χ4v) is 1.87. The minimum absolute atomic E-state index is 0.380. The van der Waals surface area contributed by atoms with Crippen molar-refractivity contribution in [1.82, 2.24) is 9.55 Å². The number of nitrogens with one attached hydrogen (secondary N) is 1. The van der Waals surface area contributed by atoms with Gasteiger partial charge in [0.15, 0.2) is 11.8 Å². The molecular weight excluding hydrogens is 248 g/mol. The monoisotopic (exact) mass is 262 g/mol. The SMILES string of the molecule is C#C[C@@]1(CO)C=C[C@H](n2cc(CC)c(=O)[nH]c2=O)O1. The number of hydrogen-bond donors (Lipinski definition) is 2. The van der Waals surface area contributed by atoms with Crippen LogP contribution in [0.2, 0.25) is 0 Å². The van der Waals surface area contributed by atoms with Gasteiger partial charge in [0.25, 0.3) is 5.56 Å². The van der Waals surface area contributed by atoms with Crippen LogP contribution in [0.1, 0.15) is 18.7 Å². The third-order valence-corrected chi connectivity index (χ3v) is 3.04. The highest BCUT2D eigenvalue weighted by atomic mass is 16.5. The predicted molar refractivity (Wildman–Crippen MR) is 68.6 cm³/mol. The van der Waals surface area contributed by atoms with Gasteiger partial charge in [0.05, 0.1) is 6.61 Å². The highest BCUT2D eigenvalue weighted by molar-refractivity contribution is 5.25. The van der Waals surface area contributed by atoms with Crippen LogP contribution in [-0.2, 0) is 11.2 Å². The van der Waals surface area contributed by atoms with Crippen LogP contribution >= 0.6 is 0 Å². The Balaban J connectivity index is 2.41. The van der Waals surface area contributed by atoms with E-state index < -0.39 is 23.1 Å². The molecule has 1 aliphatic rings. The maximum atomic E-state index is 11.8. The molecule has 100 valence electrons. The number of hydrogen-bond acceptors (Lipinski definition) is 4. The molecule has 6 heteroatoms. The molecule has 0 radical (unpaired) electrons. The Bertz CT molecular complexity index is 664. The van der Waals surface area contributed by atoms with Gasteiger partial charge in [-0.05, 0) is 18.6 Å². The van der Waals surface area contributed by atoms with Crippen LogP contribution in [0.4, 0.5) is 0 Å². The maximum absolute atomic E-state index is 11.8. The maximum Gasteiger partial charge on any atom is 0.330 e. The molecule has 1 aliphatic heterocycles. The van der Waals surface area contributed by atoms with E-state index in [0.717, 1.165) is 0 Å². The summed E-state index contributed by atoms with van der Waals surface area (Å²) in [5.41, 5.74) is -1.73. The van der Waals surface area contributed by atoms with E-state index in [2.05, 4.69) is 10.9 Å². The molecule has 2 heterocycles. The number of H-pyrrole nitrogens is 1. The van der Waals surface area contributed by atoms with Gasteiger partial charge in [-0.3, -0.25) is 14.3 Å². The van der Waals surface area contributed by atoms with Crippen LogP contribution in [0.3, 0.4) is 0 Å². The van der Waals surface area contributed by atoms with E-state index in [0.29, 0.717) is 12.0 Å². The van der Waals surface area contributed by atoms with Crippen molar-refractivity contribution in [1.29, 1.82) is 0 Å². The summed E-state index contributed by atoms with van der Waals surface area (Å²) in [7, 11) is 0. The average molecular weight is 262 g/mol. The van der Waals surface area contributed by atoms with Gasteiger partial charge in [0.2, 0.25) is 0 Å². The quantitative estimate of drug-likeness (QED) is 0.570. The summed E-state index contributed by atoms with van der Waals surface area (Å²) in [6, 6.07) is 0. The van der Waals surface area contributed by atoms with Crippen molar-refractivity contribution in [2.45, 2.75) is 25.2 Å². The van der Waals surface area contributed by atoms with E-state index in [1.54, 1.807) is 6.08 Å². The standard InChI is InChI=1S/C13H14N2O4/c1-3-9-7-15(12(18)14-11(9)17)10-5-6-13(4-2,8-16)19-10/h2,5-7,10,16H,3,8H2,1H3,(H,14,17,18)/t10-,13+/m1/s1. The van der Waals surface area contributed by atoms with E-state index in [4.69, 9.17) is 11.2 Å². The molecule has 0 saturated heterocycles. The van der Waals surface area contributed by atoms with Crippen molar-refractivity contribution < 1.29 is 9.84 Å². The minimum Gasteiger partial charge on any atom is -0.392 e. The Hall–Kier alpha value is -2.10. The topological polar surface area (TPSA) is 84.3 Å². The Kier molecular flexibility index (Phi) is 3.42. The zero-order valence-electron chi connectivity index (χ0n) is 10.4. The zero-order valence-corrected chi connectivity index (χ0v) is 10.4. The Morgan fingerprint density at radius 2 is 2.37 bits per heavy atom. The third-order valence-electron chi connectivity index (χ3n) is 3.04. The van der Waals surface area contributed by atoms with Crippen molar-refractivity contribution in [3.8, 4) is 12.3 Å².